The first kappa shape index (κ1) is 21.3. The van der Waals surface area contributed by atoms with E-state index in [1.165, 1.54) is 12.1 Å². The van der Waals surface area contributed by atoms with Gasteiger partial charge in [-0.05, 0) is 50.1 Å². The van der Waals surface area contributed by atoms with Crippen LogP contribution in [0.25, 0.3) is 5.69 Å². The fraction of sp³-hybridized carbons (Fsp3) is 0.524. The summed E-state index contributed by atoms with van der Waals surface area (Å²) in [6.45, 7) is 5.66. The van der Waals surface area contributed by atoms with Crippen LogP contribution in [0.15, 0.2) is 41.5 Å². The lowest BCUT2D eigenvalue weighted by Gasteiger charge is -2.24. The normalized spacial score (nSPS) is 19.5. The number of aliphatic imine (C=N–C) groups is 1. The van der Waals surface area contributed by atoms with Gasteiger partial charge in [-0.3, -0.25) is 4.99 Å². The third-order valence-electron chi connectivity index (χ3n) is 5.15. The van der Waals surface area contributed by atoms with Crippen molar-refractivity contribution in [1.29, 1.82) is 0 Å². The zero-order valence-corrected chi connectivity index (χ0v) is 16.9. The van der Waals surface area contributed by atoms with Crippen LogP contribution < -0.4 is 10.6 Å². The van der Waals surface area contributed by atoms with Crippen LogP contribution in [0.2, 0.25) is 0 Å². The number of rotatable bonds is 9. The first-order valence-electron chi connectivity index (χ1n) is 10.2. The van der Waals surface area contributed by atoms with E-state index >= 15 is 0 Å². The third-order valence-corrected chi connectivity index (χ3v) is 5.15. The van der Waals surface area contributed by atoms with Gasteiger partial charge in [0.1, 0.15) is 5.82 Å². The average Bonchev–Trinajstić information content (AvgIpc) is 3.37. The quantitative estimate of drug-likeness (QED) is 0.440. The summed E-state index contributed by atoms with van der Waals surface area (Å²) >= 11 is 0. The van der Waals surface area contributed by atoms with Crippen molar-refractivity contribution in [1.82, 2.24) is 20.4 Å². The maximum absolute atomic E-state index is 13.1. The van der Waals surface area contributed by atoms with Gasteiger partial charge in [0.05, 0.1) is 24.5 Å². The fourth-order valence-corrected chi connectivity index (χ4v) is 3.42. The molecule has 7 nitrogen and oxygen atoms in total. The van der Waals surface area contributed by atoms with Gasteiger partial charge in [0, 0.05) is 44.3 Å². The van der Waals surface area contributed by atoms with Gasteiger partial charge >= 0.3 is 0 Å². The van der Waals surface area contributed by atoms with Gasteiger partial charge in [-0.1, -0.05) is 0 Å². The maximum atomic E-state index is 13.1. The van der Waals surface area contributed by atoms with Gasteiger partial charge in [-0.15, -0.1) is 0 Å². The molecule has 3 rings (SSSR count). The van der Waals surface area contributed by atoms with Crippen LogP contribution >= 0.6 is 0 Å². The predicted molar refractivity (Wildman–Crippen MR) is 111 cm³/mol. The van der Waals surface area contributed by atoms with Crippen LogP contribution in [-0.2, 0) is 11.2 Å². The highest BCUT2D eigenvalue weighted by molar-refractivity contribution is 5.79. The van der Waals surface area contributed by atoms with Crippen molar-refractivity contribution in [3.63, 3.8) is 0 Å². The third kappa shape index (κ3) is 6.01. The molecular formula is C21H30FN5O2. The monoisotopic (exact) mass is 403 g/mol. The Morgan fingerprint density at radius 1 is 1.31 bits per heavy atom. The first-order chi connectivity index (χ1) is 14.1. The van der Waals surface area contributed by atoms with Crippen molar-refractivity contribution in [2.24, 2.45) is 10.4 Å². The number of aromatic nitrogens is 2. The lowest BCUT2D eigenvalue weighted by Crippen LogP contribution is -2.39. The molecule has 1 aliphatic rings. The van der Waals surface area contributed by atoms with Gasteiger partial charge in [0.15, 0.2) is 5.96 Å². The zero-order valence-electron chi connectivity index (χ0n) is 16.9. The molecule has 0 saturated carbocycles. The number of hydrogen-bond acceptors (Lipinski definition) is 4. The number of aliphatic hydroxyl groups excluding tert-OH is 1. The van der Waals surface area contributed by atoms with Crippen molar-refractivity contribution in [2.75, 3.05) is 39.5 Å². The molecular weight excluding hydrogens is 373 g/mol. The van der Waals surface area contributed by atoms with E-state index in [4.69, 9.17) is 9.73 Å². The van der Waals surface area contributed by atoms with Crippen LogP contribution in [0, 0.1) is 11.2 Å². The van der Waals surface area contributed by atoms with Gasteiger partial charge in [0.2, 0.25) is 0 Å². The van der Waals surface area contributed by atoms with Gasteiger partial charge < -0.3 is 20.5 Å². The zero-order chi connectivity index (χ0) is 20.5. The number of benzene rings is 1. The summed E-state index contributed by atoms with van der Waals surface area (Å²) in [7, 11) is 0. The van der Waals surface area contributed by atoms with Crippen LogP contribution in [0.1, 0.15) is 25.5 Å². The second-order valence-corrected chi connectivity index (χ2v) is 7.38. The van der Waals surface area contributed by atoms with Gasteiger partial charge in [-0.2, -0.15) is 5.10 Å². The number of guanidine groups is 1. The number of nitrogens with one attached hydrogen (secondary N) is 2. The number of halogens is 1. The summed E-state index contributed by atoms with van der Waals surface area (Å²) in [4.78, 5) is 4.72. The Labute approximate surface area is 171 Å². The molecule has 1 aliphatic heterocycles. The Hall–Kier alpha value is -2.45. The van der Waals surface area contributed by atoms with E-state index in [9.17, 15) is 9.50 Å². The highest BCUT2D eigenvalue weighted by Gasteiger charge is 2.34. The van der Waals surface area contributed by atoms with Crippen molar-refractivity contribution in [3.8, 4) is 5.69 Å². The van der Waals surface area contributed by atoms with Crippen LogP contribution in [-0.4, -0.2) is 60.3 Å². The van der Waals surface area contributed by atoms with E-state index in [2.05, 4.69) is 15.7 Å². The number of hydrogen-bond donors (Lipinski definition) is 3. The van der Waals surface area contributed by atoms with E-state index in [1.807, 2.05) is 19.2 Å². The van der Waals surface area contributed by atoms with Crippen LogP contribution in [0.3, 0.4) is 0 Å². The Kier molecular flexibility index (Phi) is 7.60. The molecule has 0 bridgehead atoms. The summed E-state index contributed by atoms with van der Waals surface area (Å²) in [5.41, 5.74) is 1.71. The molecule has 1 saturated heterocycles. The standard InChI is InChI=1S/C21H30FN5O2/c1-2-23-20(25-15-21(9-13-28)10-14-29-16-21)24-11-7-18-8-12-27(26-18)19-5-3-17(22)4-6-19/h3-6,8,12,28H,2,7,9-11,13-16H2,1H3,(H2,23,24,25). The molecule has 2 heterocycles. The summed E-state index contributed by atoms with van der Waals surface area (Å²) < 4.78 is 20.3. The Bertz CT molecular complexity index is 785. The molecule has 0 radical (unpaired) electrons. The molecule has 2 aromatic rings. The maximum Gasteiger partial charge on any atom is 0.191 e. The molecule has 0 aliphatic carbocycles. The molecule has 1 fully saturated rings. The second-order valence-electron chi connectivity index (χ2n) is 7.38. The minimum atomic E-state index is -0.259. The first-order valence-corrected chi connectivity index (χ1v) is 10.2. The lowest BCUT2D eigenvalue weighted by atomic mass is 9.84. The fourth-order valence-electron chi connectivity index (χ4n) is 3.42. The topological polar surface area (TPSA) is 83.7 Å². The molecule has 3 N–H and O–H groups in total. The largest absolute Gasteiger partial charge is 0.396 e. The van der Waals surface area contributed by atoms with E-state index in [0.29, 0.717) is 26.1 Å². The molecule has 1 atom stereocenters. The highest BCUT2D eigenvalue weighted by atomic mass is 19.1. The van der Waals surface area contributed by atoms with E-state index in [1.54, 1.807) is 16.8 Å². The molecule has 8 heteroatoms. The average molecular weight is 404 g/mol. The van der Waals surface area contributed by atoms with E-state index in [0.717, 1.165) is 43.3 Å². The van der Waals surface area contributed by atoms with Crippen LogP contribution in [0.4, 0.5) is 4.39 Å². The number of ether oxygens (including phenoxy) is 1. The van der Waals surface area contributed by atoms with Crippen molar-refractivity contribution >= 4 is 5.96 Å². The summed E-state index contributed by atoms with van der Waals surface area (Å²) in [5, 5.41) is 20.5. The van der Waals surface area contributed by atoms with Crippen molar-refractivity contribution in [3.05, 3.63) is 48.0 Å². The van der Waals surface area contributed by atoms with Crippen LogP contribution in [0.5, 0.6) is 0 Å². The van der Waals surface area contributed by atoms with Crippen molar-refractivity contribution in [2.45, 2.75) is 26.2 Å². The predicted octanol–water partition coefficient (Wildman–Crippen LogP) is 1.90. The molecule has 0 amide bonds. The Morgan fingerprint density at radius 3 is 2.83 bits per heavy atom. The molecule has 1 unspecified atom stereocenters. The molecule has 29 heavy (non-hydrogen) atoms. The Morgan fingerprint density at radius 2 is 2.14 bits per heavy atom. The summed E-state index contributed by atoms with van der Waals surface area (Å²) in [6, 6.07) is 8.22. The highest BCUT2D eigenvalue weighted by Crippen LogP contribution is 2.32. The number of aliphatic hydroxyl groups is 1. The van der Waals surface area contributed by atoms with E-state index < -0.39 is 0 Å². The SMILES string of the molecule is CCNC(=NCC1(CCO)CCOC1)NCCc1ccn(-c2ccc(F)cc2)n1. The molecule has 1 aromatic heterocycles. The lowest BCUT2D eigenvalue weighted by molar-refractivity contribution is 0.131. The summed E-state index contributed by atoms with van der Waals surface area (Å²) in [5.74, 6) is 0.500. The molecule has 1 aromatic carbocycles. The number of nitrogens with zero attached hydrogens (tertiary/aromatic N) is 3. The smallest absolute Gasteiger partial charge is 0.191 e. The molecule has 158 valence electrons. The molecule has 0 spiro atoms. The Balaban J connectivity index is 1.53. The summed E-state index contributed by atoms with van der Waals surface area (Å²) in [6.07, 6.45) is 4.25. The minimum Gasteiger partial charge on any atom is -0.396 e. The van der Waals surface area contributed by atoms with Crippen molar-refractivity contribution < 1.29 is 14.2 Å². The van der Waals surface area contributed by atoms with Gasteiger partial charge in [-0.25, -0.2) is 9.07 Å². The van der Waals surface area contributed by atoms with Gasteiger partial charge in [0.25, 0.3) is 0 Å². The minimum absolute atomic E-state index is 0.0645. The second kappa shape index (κ2) is 10.4. The van der Waals surface area contributed by atoms with E-state index in [-0.39, 0.29) is 17.8 Å².